The van der Waals surface area contributed by atoms with Crippen molar-refractivity contribution in [1.82, 2.24) is 0 Å². The van der Waals surface area contributed by atoms with Crippen LogP contribution in [0.4, 0.5) is 0 Å². The van der Waals surface area contributed by atoms with E-state index in [1.165, 1.54) is 0 Å². The molecule has 0 heterocycles. The quantitative estimate of drug-likeness (QED) is 0.484. The molecule has 0 saturated heterocycles. The molecular weight excluding hydrogens is 148 g/mol. The number of benzene rings is 1. The lowest BCUT2D eigenvalue weighted by Gasteiger charge is -1.97. The lowest BCUT2D eigenvalue weighted by molar-refractivity contribution is -0.107. The van der Waals surface area contributed by atoms with Crippen LogP contribution in [-0.2, 0) is 11.2 Å². The van der Waals surface area contributed by atoms with Crippen LogP contribution >= 0.6 is 0 Å². The minimum atomic E-state index is 0.564. The summed E-state index contributed by atoms with van der Waals surface area (Å²) in [5, 5.41) is 0. The van der Waals surface area contributed by atoms with Gasteiger partial charge in [0, 0.05) is 12.0 Å². The summed E-state index contributed by atoms with van der Waals surface area (Å²) in [5.41, 5.74) is 2.00. The first-order valence-corrected chi connectivity index (χ1v) is 3.86. The second-order valence-corrected chi connectivity index (χ2v) is 2.55. The molecule has 1 nitrogen and oxygen atoms in total. The van der Waals surface area contributed by atoms with Gasteiger partial charge >= 0.3 is 0 Å². The van der Waals surface area contributed by atoms with Crippen LogP contribution in [0.15, 0.2) is 24.3 Å². The lowest BCUT2D eigenvalue weighted by Crippen LogP contribution is -1.86. The van der Waals surface area contributed by atoms with Gasteiger partial charge in [0.15, 0.2) is 0 Å². The first-order chi connectivity index (χ1) is 5.86. The molecule has 0 bridgehead atoms. The second-order valence-electron chi connectivity index (χ2n) is 2.55. The van der Waals surface area contributed by atoms with Crippen molar-refractivity contribution in [3.8, 4) is 12.3 Å². The number of hydrogen-bond donors (Lipinski definition) is 0. The van der Waals surface area contributed by atoms with Crippen molar-refractivity contribution >= 4 is 6.29 Å². The van der Waals surface area contributed by atoms with E-state index in [9.17, 15) is 4.79 Å². The highest BCUT2D eigenvalue weighted by molar-refractivity contribution is 5.50. The Kier molecular flexibility index (Phi) is 3.10. The lowest BCUT2D eigenvalue weighted by atomic mass is 10.1. The van der Waals surface area contributed by atoms with Gasteiger partial charge in [-0.1, -0.05) is 18.1 Å². The zero-order chi connectivity index (χ0) is 8.81. The summed E-state index contributed by atoms with van der Waals surface area (Å²) in [5.74, 6) is 2.56. The monoisotopic (exact) mass is 158 g/mol. The highest BCUT2D eigenvalue weighted by Gasteiger charge is 1.92. The third kappa shape index (κ3) is 2.25. The van der Waals surface area contributed by atoms with Crippen LogP contribution < -0.4 is 0 Å². The highest BCUT2D eigenvalue weighted by Crippen LogP contribution is 2.05. The van der Waals surface area contributed by atoms with Gasteiger partial charge in [0.25, 0.3) is 0 Å². The zero-order valence-electron chi connectivity index (χ0n) is 6.79. The van der Waals surface area contributed by atoms with Crippen LogP contribution in [0.5, 0.6) is 0 Å². The van der Waals surface area contributed by atoms with Gasteiger partial charge in [0.2, 0.25) is 0 Å². The van der Waals surface area contributed by atoms with Crippen LogP contribution in [0.2, 0.25) is 0 Å². The van der Waals surface area contributed by atoms with Crippen LogP contribution in [0.25, 0.3) is 0 Å². The Hall–Kier alpha value is -1.55. The fraction of sp³-hybridized carbons (Fsp3) is 0.182. The molecule has 1 aromatic rings. The summed E-state index contributed by atoms with van der Waals surface area (Å²) in [6, 6.07) is 7.70. The highest BCUT2D eigenvalue weighted by atomic mass is 16.1. The average molecular weight is 158 g/mol. The molecule has 1 rings (SSSR count). The standard InChI is InChI=1S/C11H10O/c1-2-10-5-3-6-11(9-10)7-4-8-12/h1,3,5-6,8-9H,4,7H2. The Balaban J connectivity index is 2.74. The van der Waals surface area contributed by atoms with E-state index in [0.29, 0.717) is 6.42 Å². The number of carbonyl (C=O) groups is 1. The van der Waals surface area contributed by atoms with E-state index in [1.807, 2.05) is 24.3 Å². The Morgan fingerprint density at radius 3 is 3.00 bits per heavy atom. The predicted octanol–water partition coefficient (Wildman–Crippen LogP) is 1.80. The normalized spacial score (nSPS) is 8.92. The minimum Gasteiger partial charge on any atom is -0.303 e. The van der Waals surface area contributed by atoms with Crippen LogP contribution in [0.3, 0.4) is 0 Å². The van der Waals surface area contributed by atoms with Crippen molar-refractivity contribution < 1.29 is 4.79 Å². The summed E-state index contributed by atoms with van der Waals surface area (Å²) in [7, 11) is 0. The van der Waals surface area contributed by atoms with Crippen molar-refractivity contribution in [2.24, 2.45) is 0 Å². The third-order valence-corrected chi connectivity index (χ3v) is 1.64. The molecule has 0 N–H and O–H groups in total. The molecule has 0 saturated carbocycles. The first-order valence-electron chi connectivity index (χ1n) is 3.86. The van der Waals surface area contributed by atoms with E-state index < -0.39 is 0 Å². The molecule has 1 aromatic carbocycles. The maximum atomic E-state index is 10.1. The zero-order valence-corrected chi connectivity index (χ0v) is 6.79. The van der Waals surface area contributed by atoms with Crippen LogP contribution in [0.1, 0.15) is 17.5 Å². The Morgan fingerprint density at radius 1 is 1.50 bits per heavy atom. The molecule has 0 aromatic heterocycles. The third-order valence-electron chi connectivity index (χ3n) is 1.64. The van der Waals surface area contributed by atoms with Crippen molar-refractivity contribution in [3.63, 3.8) is 0 Å². The molecule has 0 amide bonds. The number of terminal acetylenes is 1. The maximum absolute atomic E-state index is 10.1. The topological polar surface area (TPSA) is 17.1 Å². The van der Waals surface area contributed by atoms with Gasteiger partial charge in [-0.25, -0.2) is 0 Å². The SMILES string of the molecule is C#Cc1cccc(CCC=O)c1. The summed E-state index contributed by atoms with van der Waals surface area (Å²) in [4.78, 5) is 10.1. The van der Waals surface area contributed by atoms with E-state index in [2.05, 4.69) is 5.92 Å². The van der Waals surface area contributed by atoms with Gasteiger partial charge in [-0.15, -0.1) is 6.42 Å². The number of rotatable bonds is 3. The van der Waals surface area contributed by atoms with Gasteiger partial charge < -0.3 is 4.79 Å². The fourth-order valence-corrected chi connectivity index (χ4v) is 1.04. The molecule has 0 aliphatic heterocycles. The van der Waals surface area contributed by atoms with Gasteiger partial charge in [0.05, 0.1) is 0 Å². The summed E-state index contributed by atoms with van der Waals surface area (Å²) >= 11 is 0. The van der Waals surface area contributed by atoms with Crippen molar-refractivity contribution in [2.45, 2.75) is 12.8 Å². The summed E-state index contributed by atoms with van der Waals surface area (Å²) in [6.07, 6.45) is 7.49. The molecule has 1 heteroatoms. The minimum absolute atomic E-state index is 0.564. The molecule has 0 radical (unpaired) electrons. The molecule has 0 fully saturated rings. The Morgan fingerprint density at radius 2 is 2.33 bits per heavy atom. The van der Waals surface area contributed by atoms with E-state index in [-0.39, 0.29) is 0 Å². The van der Waals surface area contributed by atoms with Crippen molar-refractivity contribution in [2.75, 3.05) is 0 Å². The predicted molar refractivity (Wildman–Crippen MR) is 48.8 cm³/mol. The molecular formula is C11H10O. The molecule has 0 aliphatic rings. The number of carbonyl (C=O) groups excluding carboxylic acids is 1. The van der Waals surface area contributed by atoms with E-state index >= 15 is 0 Å². The maximum Gasteiger partial charge on any atom is 0.120 e. The van der Waals surface area contributed by atoms with Crippen molar-refractivity contribution in [1.29, 1.82) is 0 Å². The van der Waals surface area contributed by atoms with E-state index in [1.54, 1.807) is 0 Å². The molecule has 0 spiro atoms. The Bertz CT molecular complexity index is 307. The molecule has 0 aliphatic carbocycles. The molecule has 0 unspecified atom stereocenters. The number of aryl methyl sites for hydroxylation is 1. The average Bonchev–Trinajstić information content (AvgIpc) is 2.15. The van der Waals surface area contributed by atoms with Gasteiger partial charge in [0.1, 0.15) is 6.29 Å². The molecule has 0 atom stereocenters. The van der Waals surface area contributed by atoms with Crippen molar-refractivity contribution in [3.05, 3.63) is 35.4 Å². The molecule has 60 valence electrons. The van der Waals surface area contributed by atoms with Crippen LogP contribution in [0, 0.1) is 12.3 Å². The number of aldehydes is 1. The largest absolute Gasteiger partial charge is 0.303 e. The summed E-state index contributed by atoms with van der Waals surface area (Å²) in [6.45, 7) is 0. The van der Waals surface area contributed by atoms with Gasteiger partial charge in [-0.05, 0) is 24.1 Å². The fourth-order valence-electron chi connectivity index (χ4n) is 1.04. The van der Waals surface area contributed by atoms with Crippen LogP contribution in [-0.4, -0.2) is 6.29 Å². The molecule has 12 heavy (non-hydrogen) atoms. The Labute approximate surface area is 72.4 Å². The van der Waals surface area contributed by atoms with Gasteiger partial charge in [-0.2, -0.15) is 0 Å². The first kappa shape index (κ1) is 8.55. The number of hydrogen-bond acceptors (Lipinski definition) is 1. The second kappa shape index (κ2) is 4.35. The van der Waals surface area contributed by atoms with E-state index in [4.69, 9.17) is 6.42 Å². The van der Waals surface area contributed by atoms with Gasteiger partial charge in [-0.3, -0.25) is 0 Å². The summed E-state index contributed by atoms with van der Waals surface area (Å²) < 4.78 is 0. The van der Waals surface area contributed by atoms with E-state index in [0.717, 1.165) is 23.8 Å². The smallest absolute Gasteiger partial charge is 0.120 e.